The normalized spacial score (nSPS) is 18.5. The smallest absolute Gasteiger partial charge is 0.293 e. The number of hydrogen-bond acceptors (Lipinski definition) is 6. The maximum atomic E-state index is 13.5. The fraction of sp³-hybridized carbons (Fsp3) is 0.400. The molecule has 2 aromatic carbocycles. The quantitative estimate of drug-likeness (QED) is 0.252. The van der Waals surface area contributed by atoms with Gasteiger partial charge in [0, 0.05) is 44.7 Å². The Morgan fingerprint density at radius 1 is 1.08 bits per heavy atom. The van der Waals surface area contributed by atoms with Crippen LogP contribution in [0, 0.1) is 18.7 Å². The molecule has 0 radical (unpaired) electrons. The first-order valence-corrected chi connectivity index (χ1v) is 12.7. The van der Waals surface area contributed by atoms with Gasteiger partial charge < -0.3 is 0 Å². The molecule has 1 saturated heterocycles. The van der Waals surface area contributed by atoms with Crippen LogP contribution in [0.5, 0.6) is 0 Å². The number of piperazine rings is 1. The van der Waals surface area contributed by atoms with Crippen molar-refractivity contribution in [2.75, 3.05) is 26.2 Å². The molecule has 3 heterocycles. The third-order valence-electron chi connectivity index (χ3n) is 6.71. The lowest BCUT2D eigenvalue weighted by Crippen LogP contribution is -2.48. The topological polar surface area (TPSA) is 55.0 Å². The van der Waals surface area contributed by atoms with Gasteiger partial charge in [-0.2, -0.15) is 28.2 Å². The van der Waals surface area contributed by atoms with Crippen molar-refractivity contribution >= 4 is 22.9 Å². The monoisotopic (exact) mass is 533 g/mol. The van der Waals surface area contributed by atoms with Gasteiger partial charge in [0.2, 0.25) is 0 Å². The Labute approximate surface area is 216 Å². The number of hydrogen-bond donors (Lipinski definition) is 0. The lowest BCUT2D eigenvalue weighted by molar-refractivity contribution is -0.176. The van der Waals surface area contributed by atoms with Gasteiger partial charge in [-0.3, -0.25) is 4.90 Å². The minimum atomic E-state index is -4.26. The van der Waals surface area contributed by atoms with E-state index in [-0.39, 0.29) is 18.4 Å². The molecule has 1 aliphatic rings. The molecule has 0 N–H and O–H groups in total. The molecule has 196 valence electrons. The minimum absolute atomic E-state index is 0.0792. The minimum Gasteiger partial charge on any atom is -0.293 e. The van der Waals surface area contributed by atoms with Crippen LogP contribution in [0.4, 0.5) is 17.6 Å². The SMILES string of the molecule is Cc1cc2c(cnn2-c2ccc(F)cc2)cc1[C@@H]1CN(Sc2cnn(C)n2)CCN1CC(C)C(F)(F)F. The van der Waals surface area contributed by atoms with Gasteiger partial charge in [0.15, 0.2) is 5.03 Å². The average molecular weight is 534 g/mol. The molecule has 4 aromatic rings. The molecular weight excluding hydrogens is 506 g/mol. The summed E-state index contributed by atoms with van der Waals surface area (Å²) in [6.07, 6.45) is -0.844. The molecule has 37 heavy (non-hydrogen) atoms. The highest BCUT2D eigenvalue weighted by Gasteiger charge is 2.40. The van der Waals surface area contributed by atoms with Crippen LogP contribution >= 0.6 is 11.9 Å². The molecule has 0 aliphatic carbocycles. The van der Waals surface area contributed by atoms with E-state index in [2.05, 4.69) is 19.6 Å². The van der Waals surface area contributed by atoms with Gasteiger partial charge in [-0.1, -0.05) is 6.92 Å². The Bertz CT molecular complexity index is 1380. The third kappa shape index (κ3) is 5.51. The van der Waals surface area contributed by atoms with E-state index in [9.17, 15) is 17.6 Å². The molecule has 1 unspecified atom stereocenters. The molecule has 5 rings (SSSR count). The average Bonchev–Trinajstić information content (AvgIpc) is 3.44. The summed E-state index contributed by atoms with van der Waals surface area (Å²) in [5.74, 6) is -1.77. The van der Waals surface area contributed by atoms with Crippen molar-refractivity contribution < 1.29 is 17.6 Å². The van der Waals surface area contributed by atoms with Crippen LogP contribution in [0.1, 0.15) is 24.1 Å². The third-order valence-corrected chi connectivity index (χ3v) is 7.67. The first-order valence-electron chi connectivity index (χ1n) is 11.9. The van der Waals surface area contributed by atoms with Crippen LogP contribution < -0.4 is 0 Å². The zero-order chi connectivity index (χ0) is 26.3. The predicted molar refractivity (Wildman–Crippen MR) is 134 cm³/mol. The van der Waals surface area contributed by atoms with Crippen molar-refractivity contribution in [2.45, 2.75) is 31.1 Å². The summed E-state index contributed by atoms with van der Waals surface area (Å²) < 4.78 is 57.7. The summed E-state index contributed by atoms with van der Waals surface area (Å²) in [5, 5.41) is 14.5. The number of nitrogens with zero attached hydrogens (tertiary/aromatic N) is 7. The molecule has 0 amide bonds. The number of benzene rings is 2. The predicted octanol–water partition coefficient (Wildman–Crippen LogP) is 5.17. The number of fused-ring (bicyclic) bond motifs is 1. The molecule has 0 spiro atoms. The van der Waals surface area contributed by atoms with E-state index in [0.29, 0.717) is 19.6 Å². The van der Waals surface area contributed by atoms with E-state index in [4.69, 9.17) is 0 Å². The van der Waals surface area contributed by atoms with Crippen molar-refractivity contribution in [1.82, 2.24) is 34.0 Å². The molecule has 2 atom stereocenters. The van der Waals surface area contributed by atoms with Crippen LogP contribution in [0.2, 0.25) is 0 Å². The molecule has 2 aromatic heterocycles. The Morgan fingerprint density at radius 2 is 1.84 bits per heavy atom. The summed E-state index contributed by atoms with van der Waals surface area (Å²) in [6.45, 7) is 4.75. The van der Waals surface area contributed by atoms with Crippen molar-refractivity contribution in [2.24, 2.45) is 13.0 Å². The summed E-state index contributed by atoms with van der Waals surface area (Å²) in [6, 6.07) is 9.86. The zero-order valence-corrected chi connectivity index (χ0v) is 21.5. The molecule has 1 fully saturated rings. The highest BCUT2D eigenvalue weighted by molar-refractivity contribution is 7.97. The molecule has 1 aliphatic heterocycles. The van der Waals surface area contributed by atoms with Gasteiger partial charge in [-0.05, 0) is 66.4 Å². The van der Waals surface area contributed by atoms with E-state index in [0.717, 1.165) is 32.7 Å². The second-order valence-electron chi connectivity index (χ2n) is 9.41. The molecule has 7 nitrogen and oxygen atoms in total. The van der Waals surface area contributed by atoms with E-state index in [1.807, 2.05) is 24.0 Å². The summed E-state index contributed by atoms with van der Waals surface area (Å²) in [7, 11) is 1.74. The highest BCUT2D eigenvalue weighted by atomic mass is 32.2. The zero-order valence-electron chi connectivity index (χ0n) is 20.7. The van der Waals surface area contributed by atoms with Gasteiger partial charge in [0.1, 0.15) is 5.82 Å². The van der Waals surface area contributed by atoms with Crippen LogP contribution in [0.3, 0.4) is 0 Å². The molecule has 12 heteroatoms. The van der Waals surface area contributed by atoms with Crippen molar-refractivity contribution in [1.29, 1.82) is 0 Å². The van der Waals surface area contributed by atoms with E-state index in [1.165, 1.54) is 35.8 Å². The van der Waals surface area contributed by atoms with Gasteiger partial charge in [-0.15, -0.1) is 5.10 Å². The standard InChI is InChI=1S/C25H27F4N7S/c1-16-10-22-18(12-31-36(22)20-6-4-19(26)5-7-20)11-21(16)23-15-35(37-24-13-30-33(3)32-24)9-8-34(23)14-17(2)25(27,28)29/h4-7,10-13,17,23H,8-9,14-15H2,1-3H3/t17?,23-/m0/s1. The fourth-order valence-electron chi connectivity index (χ4n) is 4.69. The van der Waals surface area contributed by atoms with Crippen LogP contribution in [0.25, 0.3) is 16.6 Å². The number of aryl methyl sites for hydroxylation is 2. The maximum absolute atomic E-state index is 13.5. The highest BCUT2D eigenvalue weighted by Crippen LogP contribution is 2.37. The van der Waals surface area contributed by atoms with Crippen molar-refractivity contribution in [3.8, 4) is 5.69 Å². The number of rotatable bonds is 6. The largest absolute Gasteiger partial charge is 0.392 e. The Balaban J connectivity index is 1.48. The first-order chi connectivity index (χ1) is 17.6. The second kappa shape index (κ2) is 10.1. The number of alkyl halides is 3. The van der Waals surface area contributed by atoms with Gasteiger partial charge >= 0.3 is 6.18 Å². The fourth-order valence-corrected chi connectivity index (χ4v) is 5.59. The van der Waals surface area contributed by atoms with Crippen LogP contribution in [-0.2, 0) is 7.05 Å². The second-order valence-corrected chi connectivity index (χ2v) is 10.5. The number of aromatic nitrogens is 5. The van der Waals surface area contributed by atoms with Crippen molar-refractivity contribution in [3.05, 3.63) is 65.7 Å². The first kappa shape index (κ1) is 25.7. The van der Waals surface area contributed by atoms with Gasteiger partial charge in [0.05, 0.1) is 29.5 Å². The van der Waals surface area contributed by atoms with Crippen LogP contribution in [-0.4, -0.2) is 66.3 Å². The summed E-state index contributed by atoms with van der Waals surface area (Å²) in [5.41, 5.74) is 3.50. The van der Waals surface area contributed by atoms with Gasteiger partial charge in [-0.25, -0.2) is 13.4 Å². The summed E-state index contributed by atoms with van der Waals surface area (Å²) >= 11 is 1.47. The van der Waals surface area contributed by atoms with E-state index in [1.54, 1.807) is 36.3 Å². The maximum Gasteiger partial charge on any atom is 0.392 e. The van der Waals surface area contributed by atoms with Crippen LogP contribution in [0.15, 0.2) is 53.8 Å². The summed E-state index contributed by atoms with van der Waals surface area (Å²) in [4.78, 5) is 3.42. The van der Waals surface area contributed by atoms with E-state index < -0.39 is 12.1 Å². The molecule has 0 saturated carbocycles. The van der Waals surface area contributed by atoms with Crippen molar-refractivity contribution in [3.63, 3.8) is 0 Å². The Hall–Kier alpha value is -2.96. The number of halogens is 4. The lowest BCUT2D eigenvalue weighted by atomic mass is 9.95. The Kier molecular flexibility index (Phi) is 6.99. The van der Waals surface area contributed by atoms with Gasteiger partial charge in [0.25, 0.3) is 0 Å². The Morgan fingerprint density at radius 3 is 2.51 bits per heavy atom. The lowest BCUT2D eigenvalue weighted by Gasteiger charge is -2.42. The molecule has 0 bridgehead atoms. The molecular formula is C25H27F4N7S. The van der Waals surface area contributed by atoms with E-state index >= 15 is 0 Å².